The first kappa shape index (κ1) is 14.6. The molecular formula is C20H16OS. The van der Waals surface area contributed by atoms with Crippen LogP contribution in [0.15, 0.2) is 83.8 Å². The molecule has 0 aliphatic rings. The van der Waals surface area contributed by atoms with Gasteiger partial charge in [-0.05, 0) is 46.7 Å². The van der Waals surface area contributed by atoms with Gasteiger partial charge in [0, 0.05) is 10.5 Å². The minimum atomic E-state index is 0.00691. The third-order valence-corrected chi connectivity index (χ3v) is 4.60. The normalized spacial score (nSPS) is 10.6. The van der Waals surface area contributed by atoms with Crippen LogP contribution in [0.1, 0.15) is 6.92 Å². The van der Waals surface area contributed by atoms with E-state index in [1.165, 1.54) is 17.1 Å². The fourth-order valence-corrected chi connectivity index (χ4v) is 3.27. The van der Waals surface area contributed by atoms with Gasteiger partial charge in [-0.3, -0.25) is 4.79 Å². The molecule has 3 aromatic carbocycles. The molecular weight excluding hydrogens is 288 g/mol. The third-order valence-electron chi connectivity index (χ3n) is 3.50. The first-order valence-corrected chi connectivity index (χ1v) is 7.93. The fraction of sp³-hybridized carbons (Fsp3) is 0.0500. The zero-order valence-corrected chi connectivity index (χ0v) is 13.2. The van der Waals surface area contributed by atoms with E-state index >= 15 is 0 Å². The lowest BCUT2D eigenvalue weighted by Gasteiger charge is -2.12. The number of carbonyl (C=O) groups is 1. The molecule has 0 bridgehead atoms. The van der Waals surface area contributed by atoms with Gasteiger partial charge in [0.05, 0.1) is 0 Å². The lowest BCUT2D eigenvalue weighted by atomic mass is 9.98. The Bertz CT molecular complexity index is 850. The Morgan fingerprint density at radius 2 is 1.59 bits per heavy atom. The molecule has 3 rings (SSSR count). The van der Waals surface area contributed by atoms with Crippen LogP contribution in [-0.2, 0) is 4.79 Å². The molecule has 0 amide bonds. The largest absolute Gasteiger partial charge is 0.282 e. The van der Waals surface area contributed by atoms with Gasteiger partial charge in [-0.25, -0.2) is 0 Å². The van der Waals surface area contributed by atoms with Crippen molar-refractivity contribution in [1.29, 1.82) is 0 Å². The molecule has 0 unspecified atom stereocenters. The van der Waals surface area contributed by atoms with Gasteiger partial charge in [-0.1, -0.05) is 67.2 Å². The van der Waals surface area contributed by atoms with Crippen molar-refractivity contribution in [3.63, 3.8) is 0 Å². The summed E-state index contributed by atoms with van der Waals surface area (Å²) in [5.41, 5.74) is 2.80. The van der Waals surface area contributed by atoms with Crippen molar-refractivity contribution in [2.45, 2.75) is 11.8 Å². The summed E-state index contributed by atoms with van der Waals surface area (Å²) in [6.07, 6.45) is 0. The molecule has 108 valence electrons. The van der Waals surface area contributed by atoms with Crippen LogP contribution in [0.5, 0.6) is 0 Å². The summed E-state index contributed by atoms with van der Waals surface area (Å²) in [4.78, 5) is 13.1. The van der Waals surface area contributed by atoms with Crippen LogP contribution in [-0.4, -0.2) is 5.12 Å². The Kier molecular flexibility index (Phi) is 4.12. The Labute approximate surface area is 134 Å². The summed E-state index contributed by atoms with van der Waals surface area (Å²) in [6.45, 7) is 5.49. The zero-order valence-electron chi connectivity index (χ0n) is 12.4. The monoisotopic (exact) mass is 304 g/mol. The number of thioether (sulfide) groups is 1. The molecule has 0 aromatic heterocycles. The Morgan fingerprint density at radius 1 is 0.909 bits per heavy atom. The lowest BCUT2D eigenvalue weighted by Crippen LogP contribution is -1.93. The lowest BCUT2D eigenvalue weighted by molar-refractivity contribution is -0.107. The van der Waals surface area contributed by atoms with Crippen LogP contribution in [0.4, 0.5) is 0 Å². The molecule has 0 spiro atoms. The van der Waals surface area contributed by atoms with Gasteiger partial charge in [0.25, 0.3) is 0 Å². The highest BCUT2D eigenvalue weighted by Gasteiger charge is 2.14. The summed E-state index contributed by atoms with van der Waals surface area (Å²) in [6, 6.07) is 22.6. The Morgan fingerprint density at radius 3 is 2.32 bits per heavy atom. The van der Waals surface area contributed by atoms with Crippen LogP contribution in [0, 0.1) is 0 Å². The van der Waals surface area contributed by atoms with E-state index < -0.39 is 0 Å². The number of benzene rings is 3. The maximum atomic E-state index is 12.1. The standard InChI is InChI=1S/C20H16OS/c1-14(2)20(21)22-18-13-12-15-8-6-7-11-17(15)19(18)16-9-4-3-5-10-16/h3-13H,1H2,2H3. The molecule has 0 aliphatic heterocycles. The molecule has 0 fully saturated rings. The maximum Gasteiger partial charge on any atom is 0.219 e. The van der Waals surface area contributed by atoms with Crippen LogP contribution < -0.4 is 0 Å². The molecule has 0 aliphatic carbocycles. The molecule has 0 atom stereocenters. The average molecular weight is 304 g/mol. The van der Waals surface area contributed by atoms with Crippen molar-refractivity contribution in [1.82, 2.24) is 0 Å². The predicted octanol–water partition coefficient (Wildman–Crippen LogP) is 5.70. The summed E-state index contributed by atoms with van der Waals surface area (Å²) in [5.74, 6) is 0. The van der Waals surface area contributed by atoms with Crippen LogP contribution in [0.3, 0.4) is 0 Å². The highest BCUT2D eigenvalue weighted by Crippen LogP contribution is 2.38. The minimum absolute atomic E-state index is 0.00691. The van der Waals surface area contributed by atoms with E-state index in [4.69, 9.17) is 0 Å². The van der Waals surface area contributed by atoms with Crippen LogP contribution >= 0.6 is 11.8 Å². The second-order valence-electron chi connectivity index (χ2n) is 5.20. The van der Waals surface area contributed by atoms with Gasteiger partial charge >= 0.3 is 0 Å². The summed E-state index contributed by atoms with van der Waals surface area (Å²) in [7, 11) is 0. The number of rotatable bonds is 3. The third kappa shape index (κ3) is 2.83. The van der Waals surface area contributed by atoms with E-state index in [0.29, 0.717) is 5.57 Å². The summed E-state index contributed by atoms with van der Waals surface area (Å²) in [5, 5.41) is 2.34. The molecule has 0 saturated heterocycles. The van der Waals surface area contributed by atoms with Gasteiger partial charge in [0.2, 0.25) is 5.12 Å². The average Bonchev–Trinajstić information content (AvgIpc) is 2.55. The molecule has 2 heteroatoms. The number of fused-ring (bicyclic) bond motifs is 1. The van der Waals surface area contributed by atoms with Gasteiger partial charge in [-0.15, -0.1) is 0 Å². The molecule has 0 radical (unpaired) electrons. The molecule has 0 N–H and O–H groups in total. The van der Waals surface area contributed by atoms with Crippen LogP contribution in [0.25, 0.3) is 21.9 Å². The van der Waals surface area contributed by atoms with Crippen molar-refractivity contribution >= 4 is 27.6 Å². The quantitative estimate of drug-likeness (QED) is 0.456. The highest BCUT2D eigenvalue weighted by atomic mass is 32.2. The van der Waals surface area contributed by atoms with E-state index in [1.807, 2.05) is 36.4 Å². The molecule has 3 aromatic rings. The van der Waals surface area contributed by atoms with E-state index in [-0.39, 0.29) is 5.12 Å². The van der Waals surface area contributed by atoms with Gasteiger partial charge < -0.3 is 0 Å². The van der Waals surface area contributed by atoms with Crippen molar-refractivity contribution in [2.24, 2.45) is 0 Å². The van der Waals surface area contributed by atoms with E-state index in [1.54, 1.807) is 6.92 Å². The van der Waals surface area contributed by atoms with E-state index in [9.17, 15) is 4.79 Å². The van der Waals surface area contributed by atoms with E-state index in [2.05, 4.69) is 36.9 Å². The zero-order chi connectivity index (χ0) is 15.5. The van der Waals surface area contributed by atoms with Gasteiger partial charge in [0.1, 0.15) is 0 Å². The molecule has 0 heterocycles. The number of hydrogen-bond acceptors (Lipinski definition) is 2. The Hall–Kier alpha value is -2.32. The number of carbonyl (C=O) groups excluding carboxylic acids is 1. The molecule has 1 nitrogen and oxygen atoms in total. The fourth-order valence-electron chi connectivity index (χ4n) is 2.43. The maximum absolute atomic E-state index is 12.1. The smallest absolute Gasteiger partial charge is 0.219 e. The van der Waals surface area contributed by atoms with E-state index in [0.717, 1.165) is 21.4 Å². The second kappa shape index (κ2) is 6.20. The summed E-state index contributed by atoms with van der Waals surface area (Å²) >= 11 is 1.25. The van der Waals surface area contributed by atoms with Crippen molar-refractivity contribution in [2.75, 3.05) is 0 Å². The highest BCUT2D eigenvalue weighted by molar-refractivity contribution is 8.14. The molecule has 0 saturated carbocycles. The topological polar surface area (TPSA) is 17.1 Å². The first-order chi connectivity index (χ1) is 10.7. The van der Waals surface area contributed by atoms with Crippen molar-refractivity contribution in [3.05, 3.63) is 78.9 Å². The molecule has 22 heavy (non-hydrogen) atoms. The second-order valence-corrected chi connectivity index (χ2v) is 6.21. The van der Waals surface area contributed by atoms with Gasteiger partial charge in [0.15, 0.2) is 0 Å². The minimum Gasteiger partial charge on any atom is -0.282 e. The SMILES string of the molecule is C=C(C)C(=O)Sc1ccc2ccccc2c1-c1ccccc1. The predicted molar refractivity (Wildman–Crippen MR) is 95.1 cm³/mol. The van der Waals surface area contributed by atoms with Gasteiger partial charge in [-0.2, -0.15) is 0 Å². The van der Waals surface area contributed by atoms with Crippen LogP contribution in [0.2, 0.25) is 0 Å². The van der Waals surface area contributed by atoms with Crippen molar-refractivity contribution < 1.29 is 4.79 Å². The summed E-state index contributed by atoms with van der Waals surface area (Å²) < 4.78 is 0. The van der Waals surface area contributed by atoms with Crippen molar-refractivity contribution in [3.8, 4) is 11.1 Å². The Balaban J connectivity index is 2.24. The number of hydrogen-bond donors (Lipinski definition) is 0. The first-order valence-electron chi connectivity index (χ1n) is 7.11.